The molecule has 0 saturated heterocycles. The number of hydrogen-bond donors (Lipinski definition) is 2. The van der Waals surface area contributed by atoms with Crippen LogP contribution in [-0.2, 0) is 4.74 Å². The number of carbonyl (C=O) groups is 2. The number of aromatic carboxylic acids is 1. The number of halogens is 1. The average molecular weight is 373 g/mol. The van der Waals surface area contributed by atoms with Gasteiger partial charge in [0.05, 0.1) is 15.8 Å². The molecule has 8 heteroatoms. The molecule has 0 bridgehead atoms. The fourth-order valence-corrected chi connectivity index (χ4v) is 3.12. The van der Waals surface area contributed by atoms with E-state index in [2.05, 4.69) is 26.2 Å². The Balaban J connectivity index is 2.35. The van der Waals surface area contributed by atoms with Crippen molar-refractivity contribution in [2.24, 2.45) is 0 Å². The average Bonchev–Trinajstić information content (AvgIpc) is 2.70. The number of ether oxygens (including phenoxy) is 1. The third kappa shape index (κ3) is 3.70. The Hall–Kier alpha value is -1.67. The maximum absolute atomic E-state index is 11.7. The predicted octanol–water partition coefficient (Wildman–Crippen LogP) is 4.10. The summed E-state index contributed by atoms with van der Waals surface area (Å²) in [5.74, 6) is -1.04. The molecule has 0 atom stereocenters. The van der Waals surface area contributed by atoms with Gasteiger partial charge in [0.25, 0.3) is 0 Å². The third-order valence-corrected chi connectivity index (χ3v) is 3.98. The lowest BCUT2D eigenvalue weighted by molar-refractivity contribution is 0.0634. The highest BCUT2D eigenvalue weighted by Crippen LogP contribution is 2.34. The standard InChI is InChI=1S/C13H13BrN2O4S/c1-13(2,3)20-12(19)16-11-15-8-7(14)5-4-6(10(17)18)9(8)21-11/h4-5H,1-3H3,(H,17,18)(H,15,16,19). The Morgan fingerprint density at radius 2 is 2.05 bits per heavy atom. The van der Waals surface area contributed by atoms with Gasteiger partial charge in [-0.15, -0.1) is 0 Å². The molecule has 0 aliphatic heterocycles. The van der Waals surface area contributed by atoms with Gasteiger partial charge >= 0.3 is 12.1 Å². The fraction of sp³-hybridized carbons (Fsp3) is 0.308. The van der Waals surface area contributed by atoms with Crippen LogP contribution in [0.4, 0.5) is 9.93 Å². The summed E-state index contributed by atoms with van der Waals surface area (Å²) in [5.41, 5.74) is 0.0158. The van der Waals surface area contributed by atoms with E-state index in [4.69, 9.17) is 9.84 Å². The van der Waals surface area contributed by atoms with E-state index in [1.165, 1.54) is 6.07 Å². The molecule has 1 aromatic heterocycles. The molecule has 0 fully saturated rings. The second-order valence-corrected chi connectivity index (χ2v) is 7.08. The molecule has 0 aliphatic carbocycles. The van der Waals surface area contributed by atoms with Gasteiger partial charge in [0.2, 0.25) is 0 Å². The number of carboxylic acids is 1. The molecule has 0 saturated carbocycles. The lowest BCUT2D eigenvalue weighted by Gasteiger charge is -2.18. The zero-order chi connectivity index (χ0) is 15.8. The third-order valence-electron chi connectivity index (χ3n) is 2.33. The van der Waals surface area contributed by atoms with Crippen molar-refractivity contribution in [1.82, 2.24) is 4.98 Å². The number of thiazole rings is 1. The number of amides is 1. The van der Waals surface area contributed by atoms with Crippen LogP contribution in [0.25, 0.3) is 10.2 Å². The summed E-state index contributed by atoms with van der Waals surface area (Å²) in [6.45, 7) is 5.26. The number of nitrogens with zero attached hydrogens (tertiary/aromatic N) is 1. The summed E-state index contributed by atoms with van der Waals surface area (Å²) in [6.07, 6.45) is -0.630. The van der Waals surface area contributed by atoms with E-state index in [-0.39, 0.29) is 10.7 Å². The molecule has 0 unspecified atom stereocenters. The van der Waals surface area contributed by atoms with Crippen LogP contribution in [0.3, 0.4) is 0 Å². The minimum Gasteiger partial charge on any atom is -0.478 e. The van der Waals surface area contributed by atoms with Gasteiger partial charge in [-0.3, -0.25) is 5.32 Å². The highest BCUT2D eigenvalue weighted by atomic mass is 79.9. The van der Waals surface area contributed by atoms with Crippen molar-refractivity contribution in [3.05, 3.63) is 22.2 Å². The molecule has 1 heterocycles. The van der Waals surface area contributed by atoms with Crippen LogP contribution in [0.15, 0.2) is 16.6 Å². The first-order valence-electron chi connectivity index (χ1n) is 6.00. The van der Waals surface area contributed by atoms with Crippen LogP contribution >= 0.6 is 27.3 Å². The summed E-state index contributed by atoms with van der Waals surface area (Å²) in [6, 6.07) is 3.10. The van der Waals surface area contributed by atoms with Gasteiger partial charge in [-0.25, -0.2) is 14.6 Å². The maximum Gasteiger partial charge on any atom is 0.413 e. The Morgan fingerprint density at radius 1 is 1.38 bits per heavy atom. The predicted molar refractivity (Wildman–Crippen MR) is 84.1 cm³/mol. The summed E-state index contributed by atoms with van der Waals surface area (Å²) in [5, 5.41) is 12.0. The van der Waals surface area contributed by atoms with E-state index in [0.717, 1.165) is 11.3 Å². The number of fused-ring (bicyclic) bond motifs is 1. The lowest BCUT2D eigenvalue weighted by atomic mass is 10.2. The van der Waals surface area contributed by atoms with E-state index in [1.807, 2.05) is 0 Å². The fourth-order valence-electron chi connectivity index (χ4n) is 1.59. The summed E-state index contributed by atoms with van der Waals surface area (Å²) < 4.78 is 6.29. The summed E-state index contributed by atoms with van der Waals surface area (Å²) >= 11 is 4.40. The van der Waals surface area contributed by atoms with E-state index >= 15 is 0 Å². The number of benzene rings is 1. The first-order chi connectivity index (χ1) is 9.67. The summed E-state index contributed by atoms with van der Waals surface area (Å²) in [7, 11) is 0. The first kappa shape index (κ1) is 15.7. The van der Waals surface area contributed by atoms with Crippen molar-refractivity contribution in [2.75, 3.05) is 5.32 Å². The molecule has 1 aromatic carbocycles. The smallest absolute Gasteiger partial charge is 0.413 e. The minimum atomic E-state index is -1.04. The van der Waals surface area contributed by atoms with Crippen molar-refractivity contribution in [1.29, 1.82) is 0 Å². The second kappa shape index (κ2) is 5.61. The number of hydrogen-bond acceptors (Lipinski definition) is 5. The van der Waals surface area contributed by atoms with Crippen LogP contribution in [0.2, 0.25) is 0 Å². The topological polar surface area (TPSA) is 88.5 Å². The van der Waals surface area contributed by atoms with Gasteiger partial charge < -0.3 is 9.84 Å². The molecule has 1 amide bonds. The monoisotopic (exact) mass is 372 g/mol. The molecule has 0 radical (unpaired) electrons. The molecule has 2 aromatic rings. The number of carbonyl (C=O) groups excluding carboxylic acids is 1. The van der Waals surface area contributed by atoms with Crippen molar-refractivity contribution >= 4 is 54.7 Å². The molecule has 2 rings (SSSR count). The summed E-state index contributed by atoms with van der Waals surface area (Å²) in [4.78, 5) is 27.1. The number of aromatic nitrogens is 1. The van der Waals surface area contributed by atoms with Gasteiger partial charge in [0.15, 0.2) is 5.13 Å². The Morgan fingerprint density at radius 3 is 2.62 bits per heavy atom. The highest BCUT2D eigenvalue weighted by molar-refractivity contribution is 9.10. The largest absolute Gasteiger partial charge is 0.478 e. The van der Waals surface area contributed by atoms with Crippen molar-refractivity contribution < 1.29 is 19.4 Å². The van der Waals surface area contributed by atoms with Crippen molar-refractivity contribution in [2.45, 2.75) is 26.4 Å². The quantitative estimate of drug-likeness (QED) is 0.827. The Labute approximate surface area is 133 Å². The maximum atomic E-state index is 11.7. The Kier molecular flexibility index (Phi) is 4.20. The van der Waals surface area contributed by atoms with Crippen LogP contribution in [0.5, 0.6) is 0 Å². The zero-order valence-corrected chi connectivity index (χ0v) is 14.0. The van der Waals surface area contributed by atoms with Gasteiger partial charge in [0.1, 0.15) is 5.60 Å². The van der Waals surface area contributed by atoms with Gasteiger partial charge in [-0.1, -0.05) is 11.3 Å². The molecule has 112 valence electrons. The molecule has 21 heavy (non-hydrogen) atoms. The number of nitrogens with one attached hydrogen (secondary N) is 1. The van der Waals surface area contributed by atoms with Gasteiger partial charge in [-0.05, 0) is 48.8 Å². The van der Waals surface area contributed by atoms with Crippen LogP contribution in [-0.4, -0.2) is 27.8 Å². The van der Waals surface area contributed by atoms with Crippen LogP contribution in [0.1, 0.15) is 31.1 Å². The number of anilines is 1. The molecule has 0 spiro atoms. The first-order valence-corrected chi connectivity index (χ1v) is 7.60. The SMILES string of the molecule is CC(C)(C)OC(=O)Nc1nc2c(Br)ccc(C(=O)O)c2s1. The van der Waals surface area contributed by atoms with E-state index in [1.54, 1.807) is 26.8 Å². The van der Waals surface area contributed by atoms with Gasteiger partial charge in [-0.2, -0.15) is 0 Å². The number of carboxylic acid groups (broad SMARTS) is 1. The number of rotatable bonds is 2. The van der Waals surface area contributed by atoms with E-state index in [0.29, 0.717) is 14.7 Å². The minimum absolute atomic E-state index is 0.142. The molecular formula is C13H13BrN2O4S. The normalized spacial score (nSPS) is 11.4. The second-order valence-electron chi connectivity index (χ2n) is 5.22. The van der Waals surface area contributed by atoms with Crippen LogP contribution < -0.4 is 5.32 Å². The molecule has 6 nitrogen and oxygen atoms in total. The van der Waals surface area contributed by atoms with E-state index in [9.17, 15) is 9.59 Å². The van der Waals surface area contributed by atoms with Crippen molar-refractivity contribution in [3.63, 3.8) is 0 Å². The van der Waals surface area contributed by atoms with Crippen LogP contribution in [0, 0.1) is 0 Å². The van der Waals surface area contributed by atoms with Crippen molar-refractivity contribution in [3.8, 4) is 0 Å². The van der Waals surface area contributed by atoms with E-state index < -0.39 is 17.7 Å². The molecule has 0 aliphatic rings. The zero-order valence-electron chi connectivity index (χ0n) is 11.6. The molecular weight excluding hydrogens is 360 g/mol. The Bertz CT molecular complexity index is 721. The lowest BCUT2D eigenvalue weighted by Crippen LogP contribution is -2.27. The molecule has 2 N–H and O–H groups in total. The van der Waals surface area contributed by atoms with Gasteiger partial charge in [0, 0.05) is 4.47 Å². The highest BCUT2D eigenvalue weighted by Gasteiger charge is 2.19.